The lowest BCUT2D eigenvalue weighted by molar-refractivity contribution is 0.348. The van der Waals surface area contributed by atoms with E-state index >= 15 is 0 Å². The molecule has 0 aliphatic heterocycles. The fraction of sp³-hybridized carbons (Fsp3) is 0.533. The van der Waals surface area contributed by atoms with Gasteiger partial charge >= 0.3 is 0 Å². The zero-order chi connectivity index (χ0) is 11.5. The second kappa shape index (κ2) is 5.09. The van der Waals surface area contributed by atoms with Crippen LogP contribution in [0.15, 0.2) is 24.3 Å². The first kappa shape index (κ1) is 11.8. The molecule has 0 nitrogen and oxygen atoms in total. The molecule has 2 rings (SSSR count). The minimum absolute atomic E-state index is 0.788. The number of hydrogen-bond donors (Lipinski definition) is 0. The predicted octanol–water partition coefficient (Wildman–Crippen LogP) is 4.72. The predicted molar refractivity (Wildman–Crippen MR) is 74.2 cm³/mol. The molecule has 0 N–H and O–H groups in total. The van der Waals surface area contributed by atoms with Crippen molar-refractivity contribution in [2.45, 2.75) is 45.4 Å². The van der Waals surface area contributed by atoms with Gasteiger partial charge in [0.15, 0.2) is 0 Å². The molecule has 1 aliphatic rings. The third-order valence-corrected chi connectivity index (χ3v) is 4.04. The van der Waals surface area contributed by atoms with Gasteiger partial charge in [-0.15, -0.1) is 0 Å². The quantitative estimate of drug-likeness (QED) is 0.525. The van der Waals surface area contributed by atoms with Crippen molar-refractivity contribution in [3.05, 3.63) is 35.4 Å². The fourth-order valence-electron chi connectivity index (χ4n) is 2.58. The van der Waals surface area contributed by atoms with E-state index in [9.17, 15) is 0 Å². The maximum atomic E-state index is 5.18. The maximum absolute atomic E-state index is 5.18. The van der Waals surface area contributed by atoms with Crippen LogP contribution in [0.5, 0.6) is 0 Å². The van der Waals surface area contributed by atoms with Crippen molar-refractivity contribution < 1.29 is 0 Å². The highest BCUT2D eigenvalue weighted by atomic mass is 32.1. The number of benzene rings is 1. The van der Waals surface area contributed by atoms with Crippen molar-refractivity contribution in [3.8, 4) is 0 Å². The molecule has 0 spiro atoms. The summed E-state index contributed by atoms with van der Waals surface area (Å²) in [6, 6.07) is 8.89. The second-order valence-corrected chi connectivity index (χ2v) is 5.75. The van der Waals surface area contributed by atoms with Gasteiger partial charge in [0, 0.05) is 4.86 Å². The van der Waals surface area contributed by atoms with Crippen molar-refractivity contribution in [2.24, 2.45) is 5.92 Å². The Kier molecular flexibility index (Phi) is 3.75. The Bertz CT molecular complexity index is 356. The van der Waals surface area contributed by atoms with Gasteiger partial charge in [0.25, 0.3) is 0 Å². The average Bonchev–Trinajstić information content (AvgIpc) is 2.30. The van der Waals surface area contributed by atoms with Gasteiger partial charge in [-0.25, -0.2) is 0 Å². The first-order valence-corrected chi connectivity index (χ1v) is 6.68. The summed E-state index contributed by atoms with van der Waals surface area (Å²) in [6.07, 6.45) is 5.49. The molecule has 1 aromatic rings. The summed E-state index contributed by atoms with van der Waals surface area (Å²) >= 11 is 5.18. The average molecular weight is 232 g/mol. The summed E-state index contributed by atoms with van der Waals surface area (Å²) in [4.78, 5) is 0.990. The molecule has 1 fully saturated rings. The lowest BCUT2D eigenvalue weighted by atomic mass is 9.79. The van der Waals surface area contributed by atoms with Crippen molar-refractivity contribution in [1.29, 1.82) is 0 Å². The summed E-state index contributed by atoms with van der Waals surface area (Å²) in [5.74, 6) is 1.72. The van der Waals surface area contributed by atoms with Gasteiger partial charge in [-0.05, 0) is 42.7 Å². The van der Waals surface area contributed by atoms with Crippen LogP contribution in [0.1, 0.15) is 56.6 Å². The van der Waals surface area contributed by atoms with Gasteiger partial charge in [0.05, 0.1) is 0 Å². The summed E-state index contributed by atoms with van der Waals surface area (Å²) < 4.78 is 0. The van der Waals surface area contributed by atoms with Gasteiger partial charge in [0.1, 0.15) is 0 Å². The van der Waals surface area contributed by atoms with E-state index < -0.39 is 0 Å². The first-order chi connectivity index (χ1) is 7.66. The van der Waals surface area contributed by atoms with Crippen LogP contribution in [0, 0.1) is 5.92 Å². The molecule has 86 valence electrons. The molecule has 0 amide bonds. The van der Waals surface area contributed by atoms with Crippen LogP contribution in [0.2, 0.25) is 0 Å². The van der Waals surface area contributed by atoms with E-state index in [0.29, 0.717) is 0 Å². The van der Waals surface area contributed by atoms with Crippen LogP contribution in [0.4, 0.5) is 0 Å². The van der Waals surface area contributed by atoms with Crippen LogP contribution in [-0.2, 0) is 0 Å². The van der Waals surface area contributed by atoms with E-state index in [1.54, 1.807) is 0 Å². The van der Waals surface area contributed by atoms with E-state index in [4.69, 9.17) is 12.2 Å². The van der Waals surface area contributed by atoms with Gasteiger partial charge in [-0.2, -0.15) is 0 Å². The highest BCUT2D eigenvalue weighted by molar-refractivity contribution is 7.80. The zero-order valence-electron chi connectivity index (χ0n) is 10.2. The lowest BCUT2D eigenvalue weighted by Crippen LogP contribution is -2.10. The van der Waals surface area contributed by atoms with E-state index in [1.165, 1.54) is 36.8 Å². The first-order valence-electron chi connectivity index (χ1n) is 6.27. The van der Waals surface area contributed by atoms with Crippen molar-refractivity contribution >= 4 is 17.1 Å². The summed E-state index contributed by atoms with van der Waals surface area (Å²) in [6.45, 7) is 4.36. The molecule has 0 unspecified atom stereocenters. The van der Waals surface area contributed by atoms with Gasteiger partial charge in [0.2, 0.25) is 0 Å². The molecule has 0 aromatic heterocycles. The van der Waals surface area contributed by atoms with Crippen molar-refractivity contribution in [3.63, 3.8) is 0 Å². The number of thiocarbonyl (C=S) groups is 1. The second-order valence-electron chi connectivity index (χ2n) is 5.13. The summed E-state index contributed by atoms with van der Waals surface area (Å²) in [5, 5.41) is 0. The van der Waals surface area contributed by atoms with Gasteiger partial charge in [-0.3, -0.25) is 0 Å². The fourth-order valence-corrected chi connectivity index (χ4v) is 2.72. The Morgan fingerprint density at radius 3 is 2.12 bits per heavy atom. The molecule has 16 heavy (non-hydrogen) atoms. The van der Waals surface area contributed by atoms with E-state index in [-0.39, 0.29) is 0 Å². The van der Waals surface area contributed by atoms with Gasteiger partial charge in [-0.1, -0.05) is 56.2 Å². The minimum atomic E-state index is 0.788. The van der Waals surface area contributed by atoms with Crippen LogP contribution in [-0.4, -0.2) is 4.86 Å². The number of rotatable bonds is 2. The highest BCUT2D eigenvalue weighted by Gasteiger charge is 2.19. The molecule has 1 heteroatoms. The third-order valence-electron chi connectivity index (χ3n) is 3.80. The Morgan fingerprint density at radius 2 is 1.62 bits per heavy atom. The molecule has 0 bridgehead atoms. The Balaban J connectivity index is 2.07. The van der Waals surface area contributed by atoms with Crippen molar-refractivity contribution in [1.82, 2.24) is 0 Å². The SMILES string of the molecule is CC(=S)c1ccc(C2CCC(C)CC2)cc1. The molecule has 0 atom stereocenters. The molecular weight excluding hydrogens is 212 g/mol. The topological polar surface area (TPSA) is 0 Å². The van der Waals surface area contributed by atoms with E-state index in [0.717, 1.165) is 16.7 Å². The molecule has 1 saturated carbocycles. The molecular formula is C15H20S. The maximum Gasteiger partial charge on any atom is 0.0193 e. The molecule has 1 aliphatic carbocycles. The Hall–Kier alpha value is -0.690. The number of hydrogen-bond acceptors (Lipinski definition) is 1. The van der Waals surface area contributed by atoms with Crippen LogP contribution >= 0.6 is 12.2 Å². The third kappa shape index (κ3) is 2.70. The van der Waals surface area contributed by atoms with E-state index in [1.807, 2.05) is 6.92 Å². The summed E-state index contributed by atoms with van der Waals surface area (Å²) in [5.41, 5.74) is 2.70. The van der Waals surface area contributed by atoms with E-state index in [2.05, 4.69) is 31.2 Å². The monoisotopic (exact) mass is 232 g/mol. The smallest absolute Gasteiger partial charge is 0.0193 e. The van der Waals surface area contributed by atoms with Crippen LogP contribution in [0.25, 0.3) is 0 Å². The minimum Gasteiger partial charge on any atom is -0.0846 e. The Morgan fingerprint density at radius 1 is 1.06 bits per heavy atom. The summed E-state index contributed by atoms with van der Waals surface area (Å²) in [7, 11) is 0. The standard InChI is InChI=1S/C15H20S/c1-11-3-5-14(6-4-11)15-9-7-13(8-10-15)12(2)16/h7-11,14H,3-6H2,1-2H3. The molecule has 0 saturated heterocycles. The largest absolute Gasteiger partial charge is 0.0846 e. The highest BCUT2D eigenvalue weighted by Crippen LogP contribution is 2.35. The molecule has 0 heterocycles. The van der Waals surface area contributed by atoms with Crippen molar-refractivity contribution in [2.75, 3.05) is 0 Å². The Labute approximate surface area is 104 Å². The molecule has 1 aromatic carbocycles. The molecule has 0 radical (unpaired) electrons. The van der Waals surface area contributed by atoms with Crippen LogP contribution in [0.3, 0.4) is 0 Å². The zero-order valence-corrected chi connectivity index (χ0v) is 11.0. The van der Waals surface area contributed by atoms with Gasteiger partial charge < -0.3 is 0 Å². The van der Waals surface area contributed by atoms with Crippen LogP contribution < -0.4 is 0 Å². The normalized spacial score (nSPS) is 25.4. The lowest BCUT2D eigenvalue weighted by Gasteiger charge is -2.26.